The number of aromatic nitrogens is 2. The normalized spacial score (nSPS) is 19.6. The molecule has 1 aliphatic rings. The third-order valence-electron chi connectivity index (χ3n) is 4.35. The van der Waals surface area contributed by atoms with Gasteiger partial charge in [0.2, 0.25) is 0 Å². The first-order valence-electron chi connectivity index (χ1n) is 7.46. The van der Waals surface area contributed by atoms with Crippen molar-refractivity contribution in [1.82, 2.24) is 14.3 Å². The minimum Gasteiger partial charge on any atom is -0.393 e. The molecule has 0 amide bonds. The van der Waals surface area contributed by atoms with Crippen molar-refractivity contribution in [3.05, 3.63) is 35.8 Å². The number of aryl methyl sites for hydroxylation is 1. The number of imidazole rings is 1. The summed E-state index contributed by atoms with van der Waals surface area (Å²) >= 11 is 0. The number of fused-ring (bicyclic) bond motifs is 1. The Labute approximate surface area is 120 Å². The summed E-state index contributed by atoms with van der Waals surface area (Å²) in [6.45, 7) is 7.03. The summed E-state index contributed by atoms with van der Waals surface area (Å²) in [7, 11) is 0. The molecule has 108 valence electrons. The highest BCUT2D eigenvalue weighted by Gasteiger charge is 2.22. The average molecular weight is 273 g/mol. The number of rotatable bonds is 3. The fourth-order valence-electron chi connectivity index (χ4n) is 3.05. The Balaban J connectivity index is 1.65. The minimum atomic E-state index is -0.171. The average Bonchev–Trinajstić information content (AvgIpc) is 2.80. The molecule has 0 spiro atoms. The van der Waals surface area contributed by atoms with E-state index in [1.807, 2.05) is 6.92 Å². The van der Waals surface area contributed by atoms with Gasteiger partial charge in [-0.05, 0) is 57.3 Å². The molecule has 2 aromatic heterocycles. The third kappa shape index (κ3) is 2.86. The first-order valence-corrected chi connectivity index (χ1v) is 7.46. The standard InChI is InChI=1S/C16H23N3O/c1-12-3-4-16-17-15(11-19(16)9-12)10-18-7-5-14(6-8-18)13(2)20/h3-4,9,11,13-14,20H,5-8,10H2,1-2H3. The van der Waals surface area contributed by atoms with Crippen LogP contribution in [0.3, 0.4) is 0 Å². The largest absolute Gasteiger partial charge is 0.393 e. The van der Waals surface area contributed by atoms with Crippen LogP contribution < -0.4 is 0 Å². The number of aliphatic hydroxyl groups is 1. The van der Waals surface area contributed by atoms with Crippen molar-refractivity contribution in [2.45, 2.75) is 39.3 Å². The molecular formula is C16H23N3O. The minimum absolute atomic E-state index is 0.171. The Kier molecular flexibility index (Phi) is 3.76. The van der Waals surface area contributed by atoms with Gasteiger partial charge in [0.05, 0.1) is 11.8 Å². The van der Waals surface area contributed by atoms with Gasteiger partial charge in [-0.3, -0.25) is 4.90 Å². The summed E-state index contributed by atoms with van der Waals surface area (Å²) in [5.41, 5.74) is 3.40. The van der Waals surface area contributed by atoms with Gasteiger partial charge in [-0.2, -0.15) is 0 Å². The van der Waals surface area contributed by atoms with E-state index in [1.165, 1.54) is 5.56 Å². The van der Waals surface area contributed by atoms with Crippen molar-refractivity contribution < 1.29 is 5.11 Å². The lowest BCUT2D eigenvalue weighted by Crippen LogP contribution is -2.36. The van der Waals surface area contributed by atoms with Crippen molar-refractivity contribution in [1.29, 1.82) is 0 Å². The van der Waals surface area contributed by atoms with Crippen molar-refractivity contribution in [2.24, 2.45) is 5.92 Å². The van der Waals surface area contributed by atoms with E-state index in [1.54, 1.807) is 0 Å². The molecule has 1 saturated heterocycles. The van der Waals surface area contributed by atoms with Crippen LogP contribution in [-0.2, 0) is 6.54 Å². The van der Waals surface area contributed by atoms with Crippen LogP contribution in [0.25, 0.3) is 5.65 Å². The Hall–Kier alpha value is -1.39. The van der Waals surface area contributed by atoms with Gasteiger partial charge in [-0.15, -0.1) is 0 Å². The number of pyridine rings is 1. The summed E-state index contributed by atoms with van der Waals surface area (Å²) in [5, 5.41) is 9.64. The Morgan fingerprint density at radius 1 is 1.30 bits per heavy atom. The first kappa shape index (κ1) is 13.6. The van der Waals surface area contributed by atoms with Crippen LogP contribution in [0.15, 0.2) is 24.5 Å². The number of piperidine rings is 1. The molecule has 1 fully saturated rings. The van der Waals surface area contributed by atoms with Crippen LogP contribution in [-0.4, -0.2) is 38.6 Å². The molecule has 2 aromatic rings. The van der Waals surface area contributed by atoms with Crippen molar-refractivity contribution in [2.75, 3.05) is 13.1 Å². The van der Waals surface area contributed by atoms with Gasteiger partial charge in [0.1, 0.15) is 5.65 Å². The second kappa shape index (κ2) is 5.54. The summed E-state index contributed by atoms with van der Waals surface area (Å²) < 4.78 is 2.10. The summed E-state index contributed by atoms with van der Waals surface area (Å²) in [6, 6.07) is 4.17. The highest BCUT2D eigenvalue weighted by Crippen LogP contribution is 2.21. The molecular weight excluding hydrogens is 250 g/mol. The molecule has 3 heterocycles. The van der Waals surface area contributed by atoms with E-state index in [0.29, 0.717) is 5.92 Å². The fourth-order valence-corrected chi connectivity index (χ4v) is 3.05. The monoisotopic (exact) mass is 273 g/mol. The molecule has 0 radical (unpaired) electrons. The number of nitrogens with zero attached hydrogens (tertiary/aromatic N) is 3. The summed E-state index contributed by atoms with van der Waals surface area (Å²) in [4.78, 5) is 7.11. The highest BCUT2D eigenvalue weighted by atomic mass is 16.3. The fraction of sp³-hybridized carbons (Fsp3) is 0.562. The van der Waals surface area contributed by atoms with E-state index in [2.05, 4.69) is 45.7 Å². The van der Waals surface area contributed by atoms with Crippen molar-refractivity contribution >= 4 is 5.65 Å². The maximum atomic E-state index is 9.64. The van der Waals surface area contributed by atoms with Crippen LogP contribution in [0, 0.1) is 12.8 Å². The number of likely N-dealkylation sites (tertiary alicyclic amines) is 1. The van der Waals surface area contributed by atoms with Crippen LogP contribution in [0.1, 0.15) is 31.0 Å². The highest BCUT2D eigenvalue weighted by molar-refractivity contribution is 5.41. The van der Waals surface area contributed by atoms with Gasteiger partial charge in [-0.25, -0.2) is 4.98 Å². The molecule has 0 saturated carbocycles. The van der Waals surface area contributed by atoms with Crippen LogP contribution >= 0.6 is 0 Å². The maximum absolute atomic E-state index is 9.64. The second-order valence-electron chi connectivity index (χ2n) is 6.06. The predicted molar refractivity (Wildman–Crippen MR) is 79.6 cm³/mol. The lowest BCUT2D eigenvalue weighted by molar-refractivity contribution is 0.0692. The molecule has 1 unspecified atom stereocenters. The zero-order valence-electron chi connectivity index (χ0n) is 12.3. The number of hydrogen-bond acceptors (Lipinski definition) is 3. The van der Waals surface area contributed by atoms with Gasteiger partial charge in [-0.1, -0.05) is 6.07 Å². The zero-order chi connectivity index (χ0) is 14.1. The third-order valence-corrected chi connectivity index (χ3v) is 4.35. The lowest BCUT2D eigenvalue weighted by atomic mass is 9.92. The van der Waals surface area contributed by atoms with E-state index < -0.39 is 0 Å². The Morgan fingerprint density at radius 2 is 2.05 bits per heavy atom. The Morgan fingerprint density at radius 3 is 2.75 bits per heavy atom. The van der Waals surface area contributed by atoms with Crippen molar-refractivity contribution in [3.8, 4) is 0 Å². The molecule has 1 atom stereocenters. The smallest absolute Gasteiger partial charge is 0.137 e. The van der Waals surface area contributed by atoms with Crippen LogP contribution in [0.5, 0.6) is 0 Å². The molecule has 3 rings (SSSR count). The zero-order valence-corrected chi connectivity index (χ0v) is 12.3. The predicted octanol–water partition coefficient (Wildman–Crippen LogP) is 2.24. The van der Waals surface area contributed by atoms with E-state index >= 15 is 0 Å². The number of hydrogen-bond donors (Lipinski definition) is 1. The van der Waals surface area contributed by atoms with Gasteiger partial charge < -0.3 is 9.51 Å². The van der Waals surface area contributed by atoms with Crippen LogP contribution in [0.2, 0.25) is 0 Å². The molecule has 1 N–H and O–H groups in total. The number of aliphatic hydroxyl groups excluding tert-OH is 1. The van der Waals surface area contributed by atoms with E-state index in [4.69, 9.17) is 0 Å². The topological polar surface area (TPSA) is 40.8 Å². The SMILES string of the molecule is Cc1ccc2nc(CN3CCC(C(C)O)CC3)cn2c1. The second-order valence-corrected chi connectivity index (χ2v) is 6.06. The lowest BCUT2D eigenvalue weighted by Gasteiger charge is -2.32. The molecule has 20 heavy (non-hydrogen) atoms. The van der Waals surface area contributed by atoms with Crippen molar-refractivity contribution in [3.63, 3.8) is 0 Å². The van der Waals surface area contributed by atoms with Gasteiger partial charge in [0.15, 0.2) is 0 Å². The van der Waals surface area contributed by atoms with Gasteiger partial charge in [0.25, 0.3) is 0 Å². The molecule has 4 nitrogen and oxygen atoms in total. The van der Waals surface area contributed by atoms with E-state index in [-0.39, 0.29) is 6.10 Å². The molecule has 4 heteroatoms. The quantitative estimate of drug-likeness (QED) is 0.932. The summed E-state index contributed by atoms with van der Waals surface area (Å²) in [5.74, 6) is 0.468. The molecule has 0 aromatic carbocycles. The molecule has 0 bridgehead atoms. The maximum Gasteiger partial charge on any atom is 0.137 e. The van der Waals surface area contributed by atoms with Crippen LogP contribution in [0.4, 0.5) is 0 Å². The van der Waals surface area contributed by atoms with E-state index in [0.717, 1.165) is 43.8 Å². The Bertz CT molecular complexity index is 582. The molecule has 1 aliphatic heterocycles. The van der Waals surface area contributed by atoms with Gasteiger partial charge in [0, 0.05) is 18.9 Å². The summed E-state index contributed by atoms with van der Waals surface area (Å²) in [6.07, 6.45) is 6.25. The van der Waals surface area contributed by atoms with E-state index in [9.17, 15) is 5.11 Å². The molecule has 0 aliphatic carbocycles. The van der Waals surface area contributed by atoms with Gasteiger partial charge >= 0.3 is 0 Å². The first-order chi connectivity index (χ1) is 9.61.